The van der Waals surface area contributed by atoms with Gasteiger partial charge in [-0.3, -0.25) is 9.59 Å². The lowest BCUT2D eigenvalue weighted by Gasteiger charge is -2.09. The fraction of sp³-hybridized carbons (Fsp3) is 0.167. The Morgan fingerprint density at radius 1 is 1.09 bits per heavy atom. The zero-order valence-corrected chi connectivity index (χ0v) is 18.4. The van der Waals surface area contributed by atoms with Crippen molar-refractivity contribution in [3.05, 3.63) is 77.1 Å². The normalized spacial score (nSPS) is 10.8. The largest absolute Gasteiger partial charge is 0.496 e. The fourth-order valence-corrected chi connectivity index (χ4v) is 3.62. The third-order valence-corrected chi connectivity index (χ3v) is 5.27. The summed E-state index contributed by atoms with van der Waals surface area (Å²) in [5.74, 6) is -0.0676. The molecule has 0 aliphatic heterocycles. The van der Waals surface area contributed by atoms with Crippen LogP contribution in [0.3, 0.4) is 0 Å². The highest BCUT2D eigenvalue weighted by atomic mass is 35.5. The number of halogens is 1. The lowest BCUT2D eigenvalue weighted by atomic mass is 10.1. The summed E-state index contributed by atoms with van der Waals surface area (Å²) >= 11 is 5.99. The van der Waals surface area contributed by atoms with Gasteiger partial charge in [0.05, 0.1) is 35.9 Å². The quantitative estimate of drug-likeness (QED) is 0.402. The summed E-state index contributed by atoms with van der Waals surface area (Å²) in [6.45, 7) is 1.89. The zero-order valence-electron chi connectivity index (χ0n) is 17.6. The predicted octanol–water partition coefficient (Wildman–Crippen LogP) is 4.99. The molecule has 0 radical (unpaired) electrons. The van der Waals surface area contributed by atoms with Gasteiger partial charge in [-0.05, 0) is 43.3 Å². The predicted molar refractivity (Wildman–Crippen MR) is 124 cm³/mol. The molecule has 4 aromatic rings. The minimum absolute atomic E-state index is 0.0226. The first-order valence-electron chi connectivity index (χ1n) is 10.0. The molecular weight excluding hydrogens is 428 g/mol. The number of rotatable bonds is 7. The number of aromatic nitrogens is 3. The van der Waals surface area contributed by atoms with E-state index in [1.165, 1.54) is 7.11 Å². The topological polar surface area (TPSA) is 86.1 Å². The third kappa shape index (κ3) is 4.48. The number of Topliss-reactive ketones (excluding diaryl/α,β-unsaturated/α-hetero) is 1. The average Bonchev–Trinajstić information content (AvgIpc) is 3.14. The van der Waals surface area contributed by atoms with Crippen molar-refractivity contribution < 1.29 is 14.3 Å². The van der Waals surface area contributed by atoms with Crippen LogP contribution in [0.4, 0.5) is 5.69 Å². The molecule has 32 heavy (non-hydrogen) atoms. The van der Waals surface area contributed by atoms with Crippen molar-refractivity contribution in [3.8, 4) is 11.4 Å². The van der Waals surface area contributed by atoms with Gasteiger partial charge in [-0.1, -0.05) is 29.8 Å². The van der Waals surface area contributed by atoms with Crippen molar-refractivity contribution in [2.24, 2.45) is 0 Å². The Balaban J connectivity index is 1.46. The number of aryl methyl sites for hydroxylation is 1. The minimum Gasteiger partial charge on any atom is -0.496 e. The van der Waals surface area contributed by atoms with E-state index in [1.54, 1.807) is 29.1 Å². The van der Waals surface area contributed by atoms with Crippen molar-refractivity contribution >= 4 is 40.0 Å². The van der Waals surface area contributed by atoms with Crippen LogP contribution in [0.25, 0.3) is 16.7 Å². The second-order valence-electron chi connectivity index (χ2n) is 7.24. The van der Waals surface area contributed by atoms with Crippen LogP contribution in [-0.4, -0.2) is 33.6 Å². The standard InChI is InChI=1S/C24H21ClN4O3/c1-15-19-13-17(14-26-24(19)29(28-15)18-6-4-3-5-7-18)27-23(31)11-9-21(30)20-12-16(25)8-10-22(20)32-2/h3-8,10,12-14H,9,11H2,1-2H3,(H,27,31). The van der Waals surface area contributed by atoms with Crippen molar-refractivity contribution in [2.45, 2.75) is 19.8 Å². The number of methoxy groups -OCH3 is 1. The van der Waals surface area contributed by atoms with E-state index in [-0.39, 0.29) is 24.5 Å². The number of anilines is 1. The Morgan fingerprint density at radius 3 is 2.62 bits per heavy atom. The number of hydrogen-bond acceptors (Lipinski definition) is 5. The Bertz CT molecular complexity index is 1300. The van der Waals surface area contributed by atoms with Crippen LogP contribution in [0.2, 0.25) is 5.02 Å². The first kappa shape index (κ1) is 21.5. The lowest BCUT2D eigenvalue weighted by Crippen LogP contribution is -2.14. The van der Waals surface area contributed by atoms with Crippen LogP contribution < -0.4 is 10.1 Å². The summed E-state index contributed by atoms with van der Waals surface area (Å²) in [5.41, 5.74) is 3.32. The second kappa shape index (κ2) is 9.20. The van der Waals surface area contributed by atoms with E-state index in [2.05, 4.69) is 15.4 Å². The van der Waals surface area contributed by atoms with Crippen molar-refractivity contribution in [3.63, 3.8) is 0 Å². The molecule has 2 heterocycles. The summed E-state index contributed by atoms with van der Waals surface area (Å²) < 4.78 is 6.98. The van der Waals surface area contributed by atoms with Crippen LogP contribution >= 0.6 is 11.6 Å². The number of pyridine rings is 1. The smallest absolute Gasteiger partial charge is 0.224 e. The van der Waals surface area contributed by atoms with E-state index >= 15 is 0 Å². The minimum atomic E-state index is -0.284. The van der Waals surface area contributed by atoms with Gasteiger partial charge in [0.15, 0.2) is 11.4 Å². The Labute approximate surface area is 190 Å². The van der Waals surface area contributed by atoms with Gasteiger partial charge in [0.2, 0.25) is 5.91 Å². The molecule has 8 heteroatoms. The molecule has 0 saturated heterocycles. The van der Waals surface area contributed by atoms with Crippen LogP contribution in [0.5, 0.6) is 5.75 Å². The molecule has 0 aliphatic carbocycles. The number of ether oxygens (including phenoxy) is 1. The molecule has 0 fully saturated rings. The SMILES string of the molecule is COc1ccc(Cl)cc1C(=O)CCC(=O)Nc1cnc2c(c1)c(C)nn2-c1ccccc1. The number of benzene rings is 2. The number of nitrogens with one attached hydrogen (secondary N) is 1. The van der Waals surface area contributed by atoms with Gasteiger partial charge in [0.25, 0.3) is 0 Å². The average molecular weight is 449 g/mol. The maximum Gasteiger partial charge on any atom is 0.224 e. The van der Waals surface area contributed by atoms with E-state index in [1.807, 2.05) is 43.3 Å². The van der Waals surface area contributed by atoms with Crippen LogP contribution in [0.15, 0.2) is 60.8 Å². The number of hydrogen-bond donors (Lipinski definition) is 1. The molecule has 2 aromatic carbocycles. The molecule has 0 saturated carbocycles. The molecule has 4 rings (SSSR count). The van der Waals surface area contributed by atoms with Gasteiger partial charge in [-0.2, -0.15) is 5.10 Å². The number of carbonyl (C=O) groups is 2. The van der Waals surface area contributed by atoms with Crippen molar-refractivity contribution in [2.75, 3.05) is 12.4 Å². The molecule has 0 aliphatic rings. The summed E-state index contributed by atoms with van der Waals surface area (Å²) in [6.07, 6.45) is 1.64. The van der Waals surface area contributed by atoms with E-state index in [0.717, 1.165) is 16.8 Å². The van der Waals surface area contributed by atoms with Crippen LogP contribution in [0.1, 0.15) is 28.9 Å². The van der Waals surface area contributed by atoms with Gasteiger partial charge < -0.3 is 10.1 Å². The van der Waals surface area contributed by atoms with Crippen LogP contribution in [-0.2, 0) is 4.79 Å². The second-order valence-corrected chi connectivity index (χ2v) is 7.68. The molecule has 0 unspecified atom stereocenters. The highest BCUT2D eigenvalue weighted by Gasteiger charge is 2.16. The van der Waals surface area contributed by atoms with E-state index in [4.69, 9.17) is 16.3 Å². The zero-order chi connectivity index (χ0) is 22.7. The van der Waals surface area contributed by atoms with Gasteiger partial charge in [-0.15, -0.1) is 0 Å². The number of carbonyl (C=O) groups excluding carboxylic acids is 2. The Morgan fingerprint density at radius 2 is 1.88 bits per heavy atom. The summed E-state index contributed by atoms with van der Waals surface area (Å²) in [6, 6.07) is 16.4. The fourth-order valence-electron chi connectivity index (χ4n) is 3.44. The van der Waals surface area contributed by atoms with Gasteiger partial charge in [0, 0.05) is 23.3 Å². The number of ketones is 1. The van der Waals surface area contributed by atoms with Gasteiger partial charge in [0.1, 0.15) is 5.75 Å². The highest BCUT2D eigenvalue weighted by Crippen LogP contribution is 2.25. The first-order valence-corrected chi connectivity index (χ1v) is 10.4. The molecular formula is C24H21ClN4O3. The van der Waals surface area contributed by atoms with Gasteiger partial charge in [-0.25, -0.2) is 9.67 Å². The lowest BCUT2D eigenvalue weighted by molar-refractivity contribution is -0.116. The summed E-state index contributed by atoms with van der Waals surface area (Å²) in [7, 11) is 1.48. The molecule has 0 atom stereocenters. The number of fused-ring (bicyclic) bond motifs is 1. The molecule has 0 bridgehead atoms. The summed E-state index contributed by atoms with van der Waals surface area (Å²) in [4.78, 5) is 29.5. The highest BCUT2D eigenvalue weighted by molar-refractivity contribution is 6.31. The summed E-state index contributed by atoms with van der Waals surface area (Å²) in [5, 5.41) is 8.65. The maximum atomic E-state index is 12.5. The first-order chi connectivity index (χ1) is 15.5. The molecule has 2 aromatic heterocycles. The van der Waals surface area contributed by atoms with E-state index in [0.29, 0.717) is 27.7 Å². The number of nitrogens with zero attached hydrogens (tertiary/aromatic N) is 3. The molecule has 7 nitrogen and oxygen atoms in total. The van der Waals surface area contributed by atoms with Crippen molar-refractivity contribution in [1.29, 1.82) is 0 Å². The molecule has 1 amide bonds. The van der Waals surface area contributed by atoms with Gasteiger partial charge >= 0.3 is 0 Å². The Hall–Kier alpha value is -3.71. The van der Waals surface area contributed by atoms with E-state index < -0.39 is 0 Å². The number of amides is 1. The van der Waals surface area contributed by atoms with Crippen molar-refractivity contribution in [1.82, 2.24) is 14.8 Å². The molecule has 162 valence electrons. The maximum absolute atomic E-state index is 12.5. The third-order valence-electron chi connectivity index (χ3n) is 5.03. The molecule has 0 spiro atoms. The van der Waals surface area contributed by atoms with E-state index in [9.17, 15) is 9.59 Å². The monoisotopic (exact) mass is 448 g/mol. The number of para-hydroxylation sites is 1. The molecule has 1 N–H and O–H groups in total. The van der Waals surface area contributed by atoms with Crippen LogP contribution in [0, 0.1) is 6.92 Å². The Kier molecular flexibility index (Phi) is 6.18.